The van der Waals surface area contributed by atoms with Crippen molar-refractivity contribution in [1.29, 1.82) is 0 Å². The molecule has 0 radical (unpaired) electrons. The lowest BCUT2D eigenvalue weighted by Gasteiger charge is -2.29. The van der Waals surface area contributed by atoms with E-state index in [9.17, 15) is 9.59 Å². The van der Waals surface area contributed by atoms with Gasteiger partial charge in [-0.3, -0.25) is 10.1 Å². The van der Waals surface area contributed by atoms with E-state index in [1.54, 1.807) is 0 Å². The smallest absolute Gasteiger partial charge is 0.319 e. The normalized spacial score (nSPS) is 22.0. The molecule has 1 saturated heterocycles. The van der Waals surface area contributed by atoms with Gasteiger partial charge in [0, 0.05) is 0 Å². The number of imide groups is 1. The first-order valence-electron chi connectivity index (χ1n) is 7.36. The van der Waals surface area contributed by atoms with E-state index in [2.05, 4.69) is 17.6 Å². The van der Waals surface area contributed by atoms with Gasteiger partial charge >= 0.3 is 6.03 Å². The van der Waals surface area contributed by atoms with Crippen LogP contribution in [0.3, 0.4) is 0 Å². The van der Waals surface area contributed by atoms with Crippen molar-refractivity contribution in [3.05, 3.63) is 71.8 Å². The molecule has 22 heavy (non-hydrogen) atoms. The summed E-state index contributed by atoms with van der Waals surface area (Å²) in [4.78, 5) is 24.2. The highest BCUT2D eigenvalue weighted by Gasteiger charge is 2.48. The summed E-state index contributed by atoms with van der Waals surface area (Å²) in [5.74, 6) is -0.156. The van der Waals surface area contributed by atoms with Gasteiger partial charge in [-0.25, -0.2) is 4.79 Å². The Morgan fingerprint density at radius 3 is 2.09 bits per heavy atom. The van der Waals surface area contributed by atoms with Crippen molar-refractivity contribution in [3.63, 3.8) is 0 Å². The number of carbonyl (C=O) groups is 2. The molecule has 0 saturated carbocycles. The van der Waals surface area contributed by atoms with Gasteiger partial charge in [0.15, 0.2) is 0 Å². The Balaban J connectivity index is 1.97. The Kier molecular flexibility index (Phi) is 3.67. The summed E-state index contributed by atoms with van der Waals surface area (Å²) in [6.45, 7) is 2.07. The predicted molar refractivity (Wildman–Crippen MR) is 84.3 cm³/mol. The average molecular weight is 294 g/mol. The number of hydrogen-bond acceptors (Lipinski definition) is 2. The van der Waals surface area contributed by atoms with Gasteiger partial charge in [-0.2, -0.15) is 0 Å². The zero-order valence-electron chi connectivity index (χ0n) is 12.4. The molecule has 2 aromatic carbocycles. The maximum absolute atomic E-state index is 12.5. The number of hydrogen-bond donors (Lipinski definition) is 2. The number of nitrogens with one attached hydrogen (secondary N) is 2. The van der Waals surface area contributed by atoms with E-state index in [4.69, 9.17) is 0 Å². The molecule has 1 fully saturated rings. The van der Waals surface area contributed by atoms with Crippen LogP contribution >= 0.6 is 0 Å². The van der Waals surface area contributed by atoms with Crippen molar-refractivity contribution in [2.75, 3.05) is 0 Å². The highest BCUT2D eigenvalue weighted by Crippen LogP contribution is 2.35. The molecule has 2 N–H and O–H groups in total. The molecule has 1 aliphatic heterocycles. The lowest BCUT2D eigenvalue weighted by Crippen LogP contribution is -2.44. The van der Waals surface area contributed by atoms with E-state index in [-0.39, 0.29) is 11.8 Å². The third-order valence-electron chi connectivity index (χ3n) is 4.19. The first-order chi connectivity index (χ1) is 10.6. The second kappa shape index (κ2) is 5.64. The second-order valence-electron chi connectivity index (χ2n) is 5.70. The minimum atomic E-state index is -1.01. The van der Waals surface area contributed by atoms with Gasteiger partial charge in [0.05, 0.1) is 0 Å². The fraction of sp³-hybridized carbons (Fsp3) is 0.222. The number of carbonyl (C=O) groups excluding carboxylic acids is 2. The summed E-state index contributed by atoms with van der Waals surface area (Å²) >= 11 is 0. The molecule has 4 nitrogen and oxygen atoms in total. The largest absolute Gasteiger partial charge is 0.322 e. The van der Waals surface area contributed by atoms with E-state index in [1.807, 2.05) is 60.7 Å². The Morgan fingerprint density at radius 1 is 0.955 bits per heavy atom. The summed E-state index contributed by atoms with van der Waals surface area (Å²) in [6.07, 6.45) is 0.513. The van der Waals surface area contributed by atoms with E-state index < -0.39 is 11.6 Å². The molecule has 2 unspecified atom stereocenters. The van der Waals surface area contributed by atoms with Crippen LogP contribution in [0.1, 0.15) is 30.4 Å². The molecule has 2 atom stereocenters. The van der Waals surface area contributed by atoms with E-state index in [1.165, 1.54) is 0 Å². The lowest BCUT2D eigenvalue weighted by molar-refractivity contribution is -0.124. The monoisotopic (exact) mass is 294 g/mol. The minimum Gasteiger partial charge on any atom is -0.319 e. The van der Waals surface area contributed by atoms with Crippen LogP contribution < -0.4 is 10.6 Å². The van der Waals surface area contributed by atoms with Crippen LogP contribution in [0.2, 0.25) is 0 Å². The molecular weight excluding hydrogens is 276 g/mol. The molecule has 3 rings (SSSR count). The highest BCUT2D eigenvalue weighted by molar-refractivity contribution is 6.07. The van der Waals surface area contributed by atoms with Gasteiger partial charge in [-0.1, -0.05) is 67.6 Å². The molecule has 112 valence electrons. The first kappa shape index (κ1) is 14.3. The molecule has 4 heteroatoms. The van der Waals surface area contributed by atoms with E-state index >= 15 is 0 Å². The van der Waals surface area contributed by atoms with Gasteiger partial charge in [0.25, 0.3) is 5.91 Å². The van der Waals surface area contributed by atoms with Gasteiger partial charge < -0.3 is 5.32 Å². The maximum atomic E-state index is 12.5. The van der Waals surface area contributed by atoms with Gasteiger partial charge in [0.1, 0.15) is 5.54 Å². The van der Waals surface area contributed by atoms with Crippen molar-refractivity contribution in [3.8, 4) is 0 Å². The van der Waals surface area contributed by atoms with Crippen LogP contribution in [0.15, 0.2) is 60.7 Å². The number of rotatable bonds is 4. The van der Waals surface area contributed by atoms with Crippen LogP contribution in [-0.4, -0.2) is 11.9 Å². The number of urea groups is 1. The predicted octanol–water partition coefficient (Wildman–Crippen LogP) is 2.92. The lowest BCUT2D eigenvalue weighted by atomic mass is 9.80. The first-order valence-corrected chi connectivity index (χ1v) is 7.36. The zero-order valence-corrected chi connectivity index (χ0v) is 12.4. The van der Waals surface area contributed by atoms with Crippen LogP contribution in [0.4, 0.5) is 4.79 Å². The Labute approximate surface area is 129 Å². The zero-order chi connectivity index (χ0) is 15.6. The third-order valence-corrected chi connectivity index (χ3v) is 4.19. The fourth-order valence-electron chi connectivity index (χ4n) is 3.04. The second-order valence-corrected chi connectivity index (χ2v) is 5.70. The minimum absolute atomic E-state index is 0.130. The topological polar surface area (TPSA) is 58.2 Å². The Morgan fingerprint density at radius 2 is 1.55 bits per heavy atom. The van der Waals surface area contributed by atoms with Gasteiger partial charge in [0.2, 0.25) is 0 Å². The van der Waals surface area contributed by atoms with Crippen molar-refractivity contribution in [1.82, 2.24) is 10.6 Å². The molecule has 1 aliphatic rings. The van der Waals surface area contributed by atoms with Crippen molar-refractivity contribution >= 4 is 11.9 Å². The molecule has 0 bridgehead atoms. The van der Waals surface area contributed by atoms with Crippen LogP contribution in [0, 0.1) is 0 Å². The van der Waals surface area contributed by atoms with Crippen molar-refractivity contribution in [2.24, 2.45) is 0 Å². The summed E-state index contributed by atoms with van der Waals surface area (Å²) < 4.78 is 0. The van der Waals surface area contributed by atoms with Gasteiger partial charge in [-0.05, 0) is 23.5 Å². The van der Waals surface area contributed by atoms with Crippen LogP contribution in [0.5, 0.6) is 0 Å². The quantitative estimate of drug-likeness (QED) is 0.852. The summed E-state index contributed by atoms with van der Waals surface area (Å²) in [5.41, 5.74) is 0.945. The SMILES string of the molecule is CC(CC1(c2ccccc2)NC(=O)NC1=O)c1ccccc1. The molecule has 0 aromatic heterocycles. The average Bonchev–Trinajstić information content (AvgIpc) is 2.84. The van der Waals surface area contributed by atoms with Crippen molar-refractivity contribution < 1.29 is 9.59 Å². The molecule has 2 aromatic rings. The Bertz CT molecular complexity index is 685. The fourth-order valence-corrected chi connectivity index (χ4v) is 3.04. The molecule has 3 amide bonds. The van der Waals surface area contributed by atoms with Crippen LogP contribution in [-0.2, 0) is 10.3 Å². The Hall–Kier alpha value is -2.62. The number of benzene rings is 2. The van der Waals surface area contributed by atoms with E-state index in [0.717, 1.165) is 11.1 Å². The van der Waals surface area contributed by atoms with Crippen LogP contribution in [0.25, 0.3) is 0 Å². The van der Waals surface area contributed by atoms with Gasteiger partial charge in [-0.15, -0.1) is 0 Å². The summed E-state index contributed by atoms with van der Waals surface area (Å²) in [6, 6.07) is 19.0. The molecular formula is C18H18N2O2. The number of amides is 3. The highest BCUT2D eigenvalue weighted by atomic mass is 16.2. The summed E-state index contributed by atoms with van der Waals surface area (Å²) in [7, 11) is 0. The third kappa shape index (κ3) is 2.48. The molecule has 0 aliphatic carbocycles. The standard InChI is InChI=1S/C18H18N2O2/c1-13(14-8-4-2-5-9-14)12-18(15-10-6-3-7-11-15)16(21)19-17(22)20-18/h2-11,13H,12H2,1H3,(H2,19,20,21,22). The van der Waals surface area contributed by atoms with Crippen molar-refractivity contribution in [2.45, 2.75) is 24.8 Å². The molecule has 1 heterocycles. The van der Waals surface area contributed by atoms with E-state index in [0.29, 0.717) is 6.42 Å². The summed E-state index contributed by atoms with van der Waals surface area (Å²) in [5, 5.41) is 5.21. The maximum Gasteiger partial charge on any atom is 0.322 e. The molecule has 0 spiro atoms.